The van der Waals surface area contributed by atoms with Gasteiger partial charge < -0.3 is 0 Å². The smallest absolute Gasteiger partial charge is 0.0767 e. The molecule has 5 atom stereocenters. The molecule has 1 aromatic carbocycles. The van der Waals surface area contributed by atoms with Crippen LogP contribution in [-0.4, -0.2) is 30.9 Å². The number of rotatable bonds is 4. The molecule has 2 fully saturated rings. The maximum absolute atomic E-state index is 6.55. The van der Waals surface area contributed by atoms with Crippen molar-refractivity contribution in [3.63, 3.8) is 0 Å². The molecule has 0 aliphatic carbocycles. The van der Waals surface area contributed by atoms with Crippen molar-refractivity contribution < 1.29 is 0 Å². The molecule has 3 rings (SSSR count). The fourth-order valence-electron chi connectivity index (χ4n) is 4.19. The zero-order valence-electron chi connectivity index (χ0n) is 13.5. The molecule has 0 aromatic heterocycles. The lowest BCUT2D eigenvalue weighted by Gasteiger charge is -2.30. The van der Waals surface area contributed by atoms with E-state index in [4.69, 9.17) is 7.85 Å². The fourth-order valence-corrected chi connectivity index (χ4v) is 11.2. The Kier molecular flexibility index (Phi) is 5.45. The first-order chi connectivity index (χ1) is 10.3. The maximum Gasteiger partial charge on any atom is 0.0767 e. The molecule has 0 spiro atoms. The lowest BCUT2D eigenvalue weighted by atomic mass is 9.99. The predicted molar refractivity (Wildman–Crippen MR) is 101 cm³/mol. The highest BCUT2D eigenvalue weighted by molar-refractivity contribution is 7.74. The third-order valence-electron chi connectivity index (χ3n) is 5.34. The highest BCUT2D eigenvalue weighted by Gasteiger charge is 2.36. The summed E-state index contributed by atoms with van der Waals surface area (Å²) in [5.41, 5.74) is 2.28. The van der Waals surface area contributed by atoms with Crippen LogP contribution in [0.5, 0.6) is 0 Å². The molecule has 0 saturated carbocycles. The van der Waals surface area contributed by atoms with Crippen LogP contribution >= 0.6 is 15.8 Å². The minimum atomic E-state index is -0.132. The van der Waals surface area contributed by atoms with Crippen molar-refractivity contribution in [1.29, 1.82) is 0 Å². The molecule has 0 amide bonds. The van der Waals surface area contributed by atoms with Crippen molar-refractivity contribution in [2.75, 3.05) is 6.16 Å². The van der Waals surface area contributed by atoms with Gasteiger partial charge in [0, 0.05) is 0 Å². The van der Waals surface area contributed by atoms with Crippen molar-refractivity contribution >= 4 is 34.3 Å². The van der Waals surface area contributed by atoms with Gasteiger partial charge in [-0.05, 0) is 60.2 Å². The molecule has 0 N–H and O–H groups in total. The lowest BCUT2D eigenvalue weighted by Crippen LogP contribution is -2.28. The van der Waals surface area contributed by atoms with Gasteiger partial charge >= 0.3 is 0 Å². The summed E-state index contributed by atoms with van der Waals surface area (Å²) < 4.78 is 0. The van der Waals surface area contributed by atoms with Gasteiger partial charge in [0.05, 0.1) is 7.85 Å². The van der Waals surface area contributed by atoms with Gasteiger partial charge in [-0.25, -0.2) is 0 Å². The van der Waals surface area contributed by atoms with E-state index in [9.17, 15) is 0 Å². The van der Waals surface area contributed by atoms with E-state index in [-0.39, 0.29) is 15.8 Å². The van der Waals surface area contributed by atoms with E-state index in [1.54, 1.807) is 10.6 Å². The molecule has 2 aliphatic heterocycles. The quantitative estimate of drug-likeness (QED) is 0.565. The van der Waals surface area contributed by atoms with Gasteiger partial charge in [-0.15, -0.1) is 0 Å². The van der Waals surface area contributed by atoms with Crippen molar-refractivity contribution in [2.45, 2.75) is 69.2 Å². The molecule has 4 unspecified atom stereocenters. The summed E-state index contributed by atoms with van der Waals surface area (Å²) in [5, 5.41) is 3.43. The van der Waals surface area contributed by atoms with Gasteiger partial charge in [0.25, 0.3) is 0 Å². The number of hydrogen-bond acceptors (Lipinski definition) is 0. The first-order valence-electron chi connectivity index (χ1n) is 8.65. The molecular formula is C18H27BP2. The molecular weight excluding hydrogens is 289 g/mol. The van der Waals surface area contributed by atoms with Crippen molar-refractivity contribution in [1.82, 2.24) is 0 Å². The van der Waals surface area contributed by atoms with E-state index in [2.05, 4.69) is 38.1 Å². The normalized spacial score (nSPS) is 36.2. The summed E-state index contributed by atoms with van der Waals surface area (Å²) >= 11 is 0. The SMILES string of the molecule is [B][C@@H]1CCC(CC)P1c1ccccc1P1CCCC1CC. The minimum Gasteiger partial charge on any atom is -0.0771 e. The summed E-state index contributed by atoms with van der Waals surface area (Å²) in [4.78, 5) is 0. The van der Waals surface area contributed by atoms with Crippen molar-refractivity contribution in [3.05, 3.63) is 24.3 Å². The van der Waals surface area contributed by atoms with E-state index in [0.717, 1.165) is 11.3 Å². The zero-order valence-corrected chi connectivity index (χ0v) is 15.3. The summed E-state index contributed by atoms with van der Waals surface area (Å²) in [6.07, 6.45) is 9.63. The van der Waals surface area contributed by atoms with Gasteiger partial charge in [-0.2, -0.15) is 0 Å². The number of hydrogen-bond donors (Lipinski definition) is 0. The Morgan fingerprint density at radius 3 is 2.43 bits per heavy atom. The van der Waals surface area contributed by atoms with Crippen LogP contribution in [0.4, 0.5) is 0 Å². The number of benzene rings is 1. The van der Waals surface area contributed by atoms with Crippen LogP contribution in [-0.2, 0) is 0 Å². The summed E-state index contributed by atoms with van der Waals surface area (Å²) in [6.45, 7) is 4.74. The molecule has 3 heteroatoms. The molecule has 2 radical (unpaired) electrons. The predicted octanol–water partition coefficient (Wildman–Crippen LogP) is 4.54. The second kappa shape index (κ2) is 7.15. The molecule has 2 saturated heterocycles. The van der Waals surface area contributed by atoms with Crippen LogP contribution in [0.1, 0.15) is 52.4 Å². The molecule has 1 aromatic rings. The van der Waals surface area contributed by atoms with Gasteiger partial charge in [0.15, 0.2) is 0 Å². The second-order valence-electron chi connectivity index (χ2n) is 6.50. The van der Waals surface area contributed by atoms with Crippen LogP contribution < -0.4 is 10.6 Å². The zero-order chi connectivity index (χ0) is 14.8. The highest BCUT2D eigenvalue weighted by atomic mass is 31.1. The molecule has 0 bridgehead atoms. The largest absolute Gasteiger partial charge is 0.0771 e. The second-order valence-corrected chi connectivity index (χ2v) is 11.8. The molecule has 112 valence electrons. The Labute approximate surface area is 134 Å². The first kappa shape index (κ1) is 16.0. The van der Waals surface area contributed by atoms with E-state index in [0.29, 0.717) is 5.56 Å². The molecule has 2 heterocycles. The van der Waals surface area contributed by atoms with Crippen molar-refractivity contribution in [2.24, 2.45) is 0 Å². The summed E-state index contributed by atoms with van der Waals surface area (Å²) in [6, 6.07) is 9.41. The van der Waals surface area contributed by atoms with Crippen LogP contribution in [0.3, 0.4) is 0 Å². The lowest BCUT2D eigenvalue weighted by molar-refractivity contribution is 0.749. The van der Waals surface area contributed by atoms with E-state index in [1.165, 1.54) is 44.7 Å². The molecule has 2 aliphatic rings. The van der Waals surface area contributed by atoms with Gasteiger partial charge in [-0.1, -0.05) is 65.9 Å². The van der Waals surface area contributed by atoms with Gasteiger partial charge in [0.2, 0.25) is 0 Å². The molecule has 0 nitrogen and oxygen atoms in total. The maximum atomic E-state index is 6.55. The summed E-state index contributed by atoms with van der Waals surface area (Å²) in [7, 11) is 6.49. The third-order valence-corrected chi connectivity index (χ3v) is 12.2. The topological polar surface area (TPSA) is 0 Å². The highest BCUT2D eigenvalue weighted by Crippen LogP contribution is 2.57. The van der Waals surface area contributed by atoms with E-state index >= 15 is 0 Å². The van der Waals surface area contributed by atoms with Crippen LogP contribution in [0.25, 0.3) is 0 Å². The average Bonchev–Trinajstić information content (AvgIpc) is 3.13. The Balaban J connectivity index is 1.96. The summed E-state index contributed by atoms with van der Waals surface area (Å²) in [5.74, 6) is 0. The Hall–Kier alpha value is 0.145. The first-order valence-corrected chi connectivity index (χ1v) is 11.7. The van der Waals surface area contributed by atoms with Gasteiger partial charge in [-0.3, -0.25) is 0 Å². The van der Waals surface area contributed by atoms with E-state index < -0.39 is 0 Å². The standard InChI is InChI=1S/C18H27BP2/c1-3-14-8-7-13-20(14)16-9-5-6-10-17(16)21-15(4-2)11-12-18(21)19/h5-6,9-10,14-15,18H,3-4,7-8,11-13H2,1-2H3/t14?,15?,18-,20?,21?/m0/s1. The van der Waals surface area contributed by atoms with E-state index in [1.807, 2.05) is 0 Å². The van der Waals surface area contributed by atoms with Crippen LogP contribution in [0, 0.1) is 0 Å². The Bertz CT molecular complexity index is 476. The van der Waals surface area contributed by atoms with Crippen molar-refractivity contribution in [3.8, 4) is 0 Å². The Morgan fingerprint density at radius 2 is 1.71 bits per heavy atom. The monoisotopic (exact) mass is 316 g/mol. The average molecular weight is 316 g/mol. The minimum absolute atomic E-state index is 0.0769. The third kappa shape index (κ3) is 3.11. The van der Waals surface area contributed by atoms with Gasteiger partial charge in [0.1, 0.15) is 0 Å². The fraction of sp³-hybridized carbons (Fsp3) is 0.667. The van der Waals surface area contributed by atoms with Crippen LogP contribution in [0.15, 0.2) is 24.3 Å². The molecule has 21 heavy (non-hydrogen) atoms. The van der Waals surface area contributed by atoms with Crippen LogP contribution in [0.2, 0.25) is 0 Å². The Morgan fingerprint density at radius 1 is 1.00 bits per heavy atom.